The molecule has 0 aromatic heterocycles. The Balaban J connectivity index is 4.88. The van der Waals surface area contributed by atoms with Crippen LogP contribution in [-0.4, -0.2) is 32.1 Å². The van der Waals surface area contributed by atoms with Gasteiger partial charge < -0.3 is 15.3 Å². The minimum absolute atomic E-state index is 0.389. The molecular weight excluding hydrogens is 180 g/mol. The van der Waals surface area contributed by atoms with Gasteiger partial charge in [0.1, 0.15) is 11.2 Å². The molecule has 3 heteroatoms. The number of aliphatic hydroxyl groups is 3. The maximum Gasteiger partial charge on any atom is 0.150 e. The van der Waals surface area contributed by atoms with E-state index in [0.717, 1.165) is 0 Å². The lowest BCUT2D eigenvalue weighted by Crippen LogP contribution is -2.48. The van der Waals surface area contributed by atoms with Crippen molar-refractivity contribution in [3.05, 3.63) is 0 Å². The van der Waals surface area contributed by atoms with E-state index in [4.69, 9.17) is 0 Å². The lowest BCUT2D eigenvalue weighted by Gasteiger charge is -2.33. The Morgan fingerprint density at radius 1 is 0.929 bits per heavy atom. The van der Waals surface area contributed by atoms with Gasteiger partial charge in [-0.05, 0) is 34.1 Å². The summed E-state index contributed by atoms with van der Waals surface area (Å²) in [5.74, 6) is 4.99. The molecule has 0 rings (SSSR count). The minimum Gasteiger partial charge on any atom is -0.386 e. The van der Waals surface area contributed by atoms with Crippen LogP contribution in [0.4, 0.5) is 0 Å². The SMILES string of the molecule is CCC(C)(O)C(C)(O)C#CC(C)(C)O. The van der Waals surface area contributed by atoms with Gasteiger partial charge in [-0.3, -0.25) is 0 Å². The van der Waals surface area contributed by atoms with Gasteiger partial charge in [0.2, 0.25) is 0 Å². The molecule has 82 valence electrons. The molecule has 0 amide bonds. The van der Waals surface area contributed by atoms with Gasteiger partial charge >= 0.3 is 0 Å². The molecule has 0 spiro atoms. The first kappa shape index (κ1) is 13.4. The molecule has 0 aliphatic rings. The van der Waals surface area contributed by atoms with E-state index >= 15 is 0 Å². The average molecular weight is 200 g/mol. The zero-order chi connectivity index (χ0) is 11.6. The summed E-state index contributed by atoms with van der Waals surface area (Å²) in [7, 11) is 0. The van der Waals surface area contributed by atoms with Crippen LogP contribution >= 0.6 is 0 Å². The highest BCUT2D eigenvalue weighted by molar-refractivity contribution is 5.22. The van der Waals surface area contributed by atoms with Gasteiger partial charge in [-0.1, -0.05) is 18.8 Å². The second-order valence-corrected chi connectivity index (χ2v) is 4.51. The lowest BCUT2D eigenvalue weighted by atomic mass is 9.84. The van der Waals surface area contributed by atoms with Crippen molar-refractivity contribution in [3.63, 3.8) is 0 Å². The standard InChI is InChI=1S/C11H20O3/c1-6-10(4,13)11(5,14)8-7-9(2,3)12/h12-14H,6H2,1-5H3. The molecular formula is C11H20O3. The Kier molecular flexibility index (Phi) is 3.74. The van der Waals surface area contributed by atoms with Crippen molar-refractivity contribution in [1.82, 2.24) is 0 Å². The second kappa shape index (κ2) is 3.90. The van der Waals surface area contributed by atoms with Gasteiger partial charge in [0.05, 0.1) is 0 Å². The highest BCUT2D eigenvalue weighted by Crippen LogP contribution is 2.24. The molecule has 0 fully saturated rings. The molecule has 0 heterocycles. The Morgan fingerprint density at radius 2 is 1.36 bits per heavy atom. The third-order valence-corrected chi connectivity index (χ3v) is 2.35. The van der Waals surface area contributed by atoms with Crippen molar-refractivity contribution in [2.45, 2.75) is 57.8 Å². The first-order chi connectivity index (χ1) is 6.02. The van der Waals surface area contributed by atoms with Crippen molar-refractivity contribution in [2.24, 2.45) is 0 Å². The summed E-state index contributed by atoms with van der Waals surface area (Å²) < 4.78 is 0. The molecule has 3 nitrogen and oxygen atoms in total. The van der Waals surface area contributed by atoms with E-state index in [-0.39, 0.29) is 0 Å². The number of rotatable bonds is 2. The Morgan fingerprint density at radius 3 is 1.64 bits per heavy atom. The molecule has 14 heavy (non-hydrogen) atoms. The monoisotopic (exact) mass is 200 g/mol. The van der Waals surface area contributed by atoms with Crippen molar-refractivity contribution >= 4 is 0 Å². The van der Waals surface area contributed by atoms with Crippen LogP contribution in [-0.2, 0) is 0 Å². The summed E-state index contributed by atoms with van der Waals surface area (Å²) in [4.78, 5) is 0. The summed E-state index contributed by atoms with van der Waals surface area (Å²) in [6.45, 7) is 7.77. The Bertz CT molecular complexity index is 248. The summed E-state index contributed by atoms with van der Waals surface area (Å²) in [5.41, 5.74) is -3.94. The number of hydrogen-bond donors (Lipinski definition) is 3. The van der Waals surface area contributed by atoms with Crippen molar-refractivity contribution in [1.29, 1.82) is 0 Å². The fourth-order valence-corrected chi connectivity index (χ4v) is 0.754. The van der Waals surface area contributed by atoms with Gasteiger partial charge in [-0.15, -0.1) is 0 Å². The first-order valence-corrected chi connectivity index (χ1v) is 4.73. The molecule has 2 unspecified atom stereocenters. The van der Waals surface area contributed by atoms with E-state index < -0.39 is 16.8 Å². The highest BCUT2D eigenvalue weighted by Gasteiger charge is 2.38. The minimum atomic E-state index is -1.51. The fraction of sp³-hybridized carbons (Fsp3) is 0.818. The topological polar surface area (TPSA) is 60.7 Å². The van der Waals surface area contributed by atoms with Crippen LogP contribution in [0.15, 0.2) is 0 Å². The lowest BCUT2D eigenvalue weighted by molar-refractivity contribution is -0.0969. The predicted octanol–water partition coefficient (Wildman–Crippen LogP) is 0.673. The van der Waals surface area contributed by atoms with Crippen molar-refractivity contribution in [3.8, 4) is 11.8 Å². The van der Waals surface area contributed by atoms with Crippen molar-refractivity contribution < 1.29 is 15.3 Å². The highest BCUT2D eigenvalue weighted by atomic mass is 16.4. The third kappa shape index (κ3) is 3.67. The molecule has 0 saturated heterocycles. The molecule has 0 saturated carbocycles. The van der Waals surface area contributed by atoms with E-state index in [2.05, 4.69) is 11.8 Å². The van der Waals surface area contributed by atoms with Gasteiger partial charge in [0.25, 0.3) is 0 Å². The fourth-order valence-electron chi connectivity index (χ4n) is 0.754. The molecule has 0 bridgehead atoms. The van der Waals surface area contributed by atoms with Crippen LogP contribution < -0.4 is 0 Å². The molecule has 0 radical (unpaired) electrons. The summed E-state index contributed by atoms with van der Waals surface area (Å²) in [6, 6.07) is 0. The van der Waals surface area contributed by atoms with Crippen LogP contribution in [0.1, 0.15) is 41.0 Å². The average Bonchev–Trinajstić information content (AvgIpc) is 1.99. The molecule has 0 aliphatic carbocycles. The van der Waals surface area contributed by atoms with Crippen LogP contribution in [0.25, 0.3) is 0 Å². The van der Waals surface area contributed by atoms with Crippen LogP contribution in [0, 0.1) is 11.8 Å². The maximum absolute atomic E-state index is 9.87. The van der Waals surface area contributed by atoms with E-state index in [9.17, 15) is 15.3 Å². The Hall–Kier alpha value is -0.560. The van der Waals surface area contributed by atoms with Crippen LogP contribution in [0.5, 0.6) is 0 Å². The number of hydrogen-bond acceptors (Lipinski definition) is 3. The van der Waals surface area contributed by atoms with Gasteiger partial charge in [0.15, 0.2) is 5.60 Å². The predicted molar refractivity (Wildman–Crippen MR) is 55.6 cm³/mol. The van der Waals surface area contributed by atoms with Crippen LogP contribution in [0.2, 0.25) is 0 Å². The zero-order valence-electron chi connectivity index (χ0n) is 9.55. The smallest absolute Gasteiger partial charge is 0.150 e. The molecule has 3 N–H and O–H groups in total. The van der Waals surface area contributed by atoms with E-state index in [1.165, 1.54) is 27.7 Å². The quantitative estimate of drug-likeness (QED) is 0.574. The molecule has 0 aromatic carbocycles. The zero-order valence-corrected chi connectivity index (χ0v) is 9.55. The molecule has 0 aliphatic heterocycles. The molecule has 0 aromatic rings. The largest absolute Gasteiger partial charge is 0.386 e. The van der Waals surface area contributed by atoms with Crippen LogP contribution in [0.3, 0.4) is 0 Å². The van der Waals surface area contributed by atoms with Crippen molar-refractivity contribution in [2.75, 3.05) is 0 Å². The summed E-state index contributed by atoms with van der Waals surface area (Å²) in [6.07, 6.45) is 0.389. The van der Waals surface area contributed by atoms with Gasteiger partial charge in [0, 0.05) is 0 Å². The van der Waals surface area contributed by atoms with E-state index in [1.54, 1.807) is 6.92 Å². The van der Waals surface area contributed by atoms with E-state index in [1.807, 2.05) is 0 Å². The van der Waals surface area contributed by atoms with E-state index in [0.29, 0.717) is 6.42 Å². The third-order valence-electron chi connectivity index (χ3n) is 2.35. The normalized spacial score (nSPS) is 20.3. The Labute approximate surface area is 85.8 Å². The summed E-state index contributed by atoms with van der Waals surface area (Å²) in [5, 5.41) is 29.0. The first-order valence-electron chi connectivity index (χ1n) is 4.73. The summed E-state index contributed by atoms with van der Waals surface area (Å²) >= 11 is 0. The second-order valence-electron chi connectivity index (χ2n) is 4.51. The molecule has 2 atom stereocenters. The van der Waals surface area contributed by atoms with Gasteiger partial charge in [-0.2, -0.15) is 0 Å². The van der Waals surface area contributed by atoms with Gasteiger partial charge in [-0.25, -0.2) is 0 Å². The maximum atomic E-state index is 9.87.